The SMILES string of the molecule is CCC(c1ccc(Cl)cc1)C(CC(=O)O)C(=O)NC(C(=O)OC)C(C)(C)C. The molecule has 0 radical (unpaired) electrons. The molecule has 0 saturated heterocycles. The molecule has 0 spiro atoms. The lowest BCUT2D eigenvalue weighted by molar-refractivity contribution is -0.149. The van der Waals surface area contributed by atoms with E-state index in [4.69, 9.17) is 16.3 Å². The van der Waals surface area contributed by atoms with Crippen LogP contribution in [0, 0.1) is 11.3 Å². The van der Waals surface area contributed by atoms with Crippen molar-refractivity contribution in [2.24, 2.45) is 11.3 Å². The minimum absolute atomic E-state index is 0.323. The van der Waals surface area contributed by atoms with Gasteiger partial charge in [-0.25, -0.2) is 4.79 Å². The van der Waals surface area contributed by atoms with Crippen LogP contribution in [0.15, 0.2) is 24.3 Å². The second-order valence-electron chi connectivity index (χ2n) is 7.60. The maximum Gasteiger partial charge on any atom is 0.328 e. The summed E-state index contributed by atoms with van der Waals surface area (Å²) in [5.41, 5.74) is 0.243. The van der Waals surface area contributed by atoms with Crippen LogP contribution in [0.1, 0.15) is 52.0 Å². The summed E-state index contributed by atoms with van der Waals surface area (Å²) in [4.78, 5) is 36.5. The third-order valence-electron chi connectivity index (χ3n) is 4.54. The van der Waals surface area contributed by atoms with Gasteiger partial charge in [-0.3, -0.25) is 9.59 Å². The van der Waals surface area contributed by atoms with Crippen LogP contribution < -0.4 is 5.32 Å². The first-order chi connectivity index (χ1) is 12.5. The van der Waals surface area contributed by atoms with E-state index in [2.05, 4.69) is 5.32 Å². The van der Waals surface area contributed by atoms with Crippen molar-refractivity contribution in [1.82, 2.24) is 5.32 Å². The van der Waals surface area contributed by atoms with E-state index in [1.807, 2.05) is 6.92 Å². The summed E-state index contributed by atoms with van der Waals surface area (Å²) in [5.74, 6) is -3.28. The third-order valence-corrected chi connectivity index (χ3v) is 4.80. The van der Waals surface area contributed by atoms with Crippen molar-refractivity contribution < 1.29 is 24.2 Å². The molecule has 0 bridgehead atoms. The van der Waals surface area contributed by atoms with E-state index in [1.165, 1.54) is 7.11 Å². The van der Waals surface area contributed by atoms with Crippen LogP contribution in [0.2, 0.25) is 5.02 Å². The highest BCUT2D eigenvalue weighted by Gasteiger charge is 2.38. The summed E-state index contributed by atoms with van der Waals surface area (Å²) in [6.07, 6.45) is 0.219. The maximum atomic E-state index is 13.0. The number of benzene rings is 1. The first-order valence-electron chi connectivity index (χ1n) is 8.86. The highest BCUT2D eigenvalue weighted by molar-refractivity contribution is 6.30. The summed E-state index contributed by atoms with van der Waals surface area (Å²) in [7, 11) is 1.25. The largest absolute Gasteiger partial charge is 0.481 e. The third kappa shape index (κ3) is 6.54. The molecule has 0 heterocycles. The van der Waals surface area contributed by atoms with Gasteiger partial charge >= 0.3 is 11.9 Å². The number of hydrogen-bond donors (Lipinski definition) is 2. The van der Waals surface area contributed by atoms with E-state index >= 15 is 0 Å². The monoisotopic (exact) mass is 397 g/mol. The summed E-state index contributed by atoms with van der Waals surface area (Å²) < 4.78 is 4.80. The van der Waals surface area contributed by atoms with Gasteiger partial charge in [0.25, 0.3) is 0 Å². The Kier molecular flexibility index (Phi) is 8.28. The first kappa shape index (κ1) is 23.0. The quantitative estimate of drug-likeness (QED) is 0.653. The molecule has 0 aliphatic heterocycles. The van der Waals surface area contributed by atoms with E-state index in [1.54, 1.807) is 45.0 Å². The van der Waals surface area contributed by atoms with Crippen LogP contribution >= 0.6 is 11.6 Å². The van der Waals surface area contributed by atoms with Crippen molar-refractivity contribution in [3.63, 3.8) is 0 Å². The molecule has 3 atom stereocenters. The van der Waals surface area contributed by atoms with Crippen molar-refractivity contribution in [2.75, 3.05) is 7.11 Å². The van der Waals surface area contributed by atoms with Crippen molar-refractivity contribution in [2.45, 2.75) is 52.5 Å². The Balaban J connectivity index is 3.19. The predicted molar refractivity (Wildman–Crippen MR) is 104 cm³/mol. The topological polar surface area (TPSA) is 92.7 Å². The number of rotatable bonds is 8. The number of carbonyl (C=O) groups excluding carboxylic acids is 2. The van der Waals surface area contributed by atoms with Crippen LogP contribution in [0.25, 0.3) is 0 Å². The number of aliphatic carboxylic acids is 1. The molecule has 0 fully saturated rings. The van der Waals surface area contributed by atoms with Crippen LogP contribution in [0.4, 0.5) is 0 Å². The van der Waals surface area contributed by atoms with Crippen molar-refractivity contribution in [3.8, 4) is 0 Å². The molecule has 0 aliphatic rings. The molecular formula is C20H28ClNO5. The molecule has 1 rings (SSSR count). The second kappa shape index (κ2) is 9.74. The molecular weight excluding hydrogens is 370 g/mol. The molecule has 150 valence electrons. The molecule has 7 heteroatoms. The van der Waals surface area contributed by atoms with Gasteiger partial charge in [-0.15, -0.1) is 0 Å². The van der Waals surface area contributed by atoms with E-state index in [0.717, 1.165) is 5.56 Å². The van der Waals surface area contributed by atoms with Gasteiger partial charge in [-0.05, 0) is 35.4 Å². The number of carbonyl (C=O) groups is 3. The molecule has 0 saturated carbocycles. The Morgan fingerprint density at radius 3 is 2.15 bits per heavy atom. The van der Waals surface area contributed by atoms with Gasteiger partial charge in [0.05, 0.1) is 19.4 Å². The van der Waals surface area contributed by atoms with Crippen molar-refractivity contribution >= 4 is 29.4 Å². The standard InChI is InChI=1S/C20H28ClNO5/c1-6-14(12-7-9-13(21)10-8-12)15(11-16(23)24)18(25)22-17(19(26)27-5)20(2,3)4/h7-10,14-15,17H,6,11H2,1-5H3,(H,22,25)(H,23,24). The fourth-order valence-corrected chi connectivity index (χ4v) is 3.19. The Morgan fingerprint density at radius 1 is 1.19 bits per heavy atom. The molecule has 27 heavy (non-hydrogen) atoms. The van der Waals surface area contributed by atoms with E-state index in [0.29, 0.717) is 11.4 Å². The number of carboxylic acid groups (broad SMARTS) is 1. The van der Waals surface area contributed by atoms with Gasteiger partial charge in [-0.2, -0.15) is 0 Å². The molecule has 2 N–H and O–H groups in total. The lowest BCUT2D eigenvalue weighted by atomic mass is 9.80. The van der Waals surface area contributed by atoms with Gasteiger partial charge in [0, 0.05) is 5.02 Å². The second-order valence-corrected chi connectivity index (χ2v) is 8.04. The number of carboxylic acids is 1. The van der Waals surface area contributed by atoms with Crippen LogP contribution in [-0.4, -0.2) is 36.1 Å². The Labute approximate surface area is 165 Å². The summed E-state index contributed by atoms with van der Waals surface area (Å²) in [6, 6.07) is 6.12. The van der Waals surface area contributed by atoms with Gasteiger partial charge in [-0.1, -0.05) is 51.4 Å². The number of esters is 1. The number of nitrogens with one attached hydrogen (secondary N) is 1. The highest BCUT2D eigenvalue weighted by Crippen LogP contribution is 2.32. The fourth-order valence-electron chi connectivity index (χ4n) is 3.06. The number of amides is 1. The minimum Gasteiger partial charge on any atom is -0.481 e. The van der Waals surface area contributed by atoms with E-state index in [-0.39, 0.29) is 12.3 Å². The van der Waals surface area contributed by atoms with Gasteiger partial charge in [0.15, 0.2) is 0 Å². The number of ether oxygens (including phenoxy) is 1. The average Bonchev–Trinajstić information content (AvgIpc) is 2.58. The molecule has 6 nitrogen and oxygen atoms in total. The fraction of sp³-hybridized carbons (Fsp3) is 0.550. The van der Waals surface area contributed by atoms with Crippen LogP contribution in [-0.2, 0) is 19.1 Å². The van der Waals surface area contributed by atoms with Gasteiger partial charge in [0.1, 0.15) is 6.04 Å². The molecule has 0 aromatic heterocycles. The summed E-state index contributed by atoms with van der Waals surface area (Å²) >= 11 is 5.93. The molecule has 1 aromatic carbocycles. The zero-order valence-electron chi connectivity index (χ0n) is 16.4. The van der Waals surface area contributed by atoms with Crippen LogP contribution in [0.5, 0.6) is 0 Å². The van der Waals surface area contributed by atoms with E-state index in [9.17, 15) is 19.5 Å². The maximum absolute atomic E-state index is 13.0. The molecule has 1 aromatic rings. The lowest BCUT2D eigenvalue weighted by Gasteiger charge is -2.32. The highest BCUT2D eigenvalue weighted by atomic mass is 35.5. The normalized spacial score (nSPS) is 14.7. The number of methoxy groups -OCH3 is 1. The predicted octanol–water partition coefficient (Wildman–Crippen LogP) is 3.63. The molecule has 1 amide bonds. The van der Waals surface area contributed by atoms with Crippen molar-refractivity contribution in [1.29, 1.82) is 0 Å². The summed E-state index contributed by atoms with van der Waals surface area (Å²) in [5, 5.41) is 12.6. The zero-order valence-corrected chi connectivity index (χ0v) is 17.2. The number of halogens is 1. The van der Waals surface area contributed by atoms with Crippen LogP contribution in [0.3, 0.4) is 0 Å². The minimum atomic E-state index is -1.08. The van der Waals surface area contributed by atoms with E-state index < -0.39 is 35.2 Å². The van der Waals surface area contributed by atoms with Gasteiger partial charge in [0.2, 0.25) is 5.91 Å². The Morgan fingerprint density at radius 2 is 1.74 bits per heavy atom. The molecule has 3 unspecified atom stereocenters. The number of hydrogen-bond acceptors (Lipinski definition) is 4. The Hall–Kier alpha value is -2.08. The van der Waals surface area contributed by atoms with Crippen molar-refractivity contribution in [3.05, 3.63) is 34.9 Å². The molecule has 0 aliphatic carbocycles. The first-order valence-corrected chi connectivity index (χ1v) is 9.24. The smallest absolute Gasteiger partial charge is 0.328 e. The summed E-state index contributed by atoms with van der Waals surface area (Å²) in [6.45, 7) is 7.30. The lowest BCUT2D eigenvalue weighted by Crippen LogP contribution is -2.52. The average molecular weight is 398 g/mol. The van der Waals surface area contributed by atoms with Gasteiger partial charge < -0.3 is 15.2 Å². The zero-order chi connectivity index (χ0) is 20.8. The Bertz CT molecular complexity index is 666.